The maximum absolute atomic E-state index is 11.5. The Kier molecular flexibility index (Phi) is 3.25. The Morgan fingerprint density at radius 3 is 2.27 bits per heavy atom. The molecule has 0 saturated heterocycles. The van der Waals surface area contributed by atoms with Crippen LogP contribution in [0.2, 0.25) is 0 Å². The van der Waals surface area contributed by atoms with Crippen molar-refractivity contribution in [2.24, 2.45) is 0 Å². The van der Waals surface area contributed by atoms with E-state index in [0.717, 1.165) is 0 Å². The van der Waals surface area contributed by atoms with E-state index in [-0.39, 0.29) is 5.70 Å². The van der Waals surface area contributed by atoms with Gasteiger partial charge in [0.05, 0.1) is 13.5 Å². The molecule has 0 spiro atoms. The van der Waals surface area contributed by atoms with Gasteiger partial charge in [0.25, 0.3) is 0 Å². The number of Topliss-reactive ketones (excluding diaryl/α,β-unsaturated/α-hetero) is 1. The van der Waals surface area contributed by atoms with Gasteiger partial charge in [0.1, 0.15) is 5.70 Å². The minimum absolute atomic E-state index is 0.187. The van der Waals surface area contributed by atoms with E-state index in [4.69, 9.17) is 0 Å². The molecule has 0 aliphatic rings. The van der Waals surface area contributed by atoms with E-state index < -0.39 is 18.4 Å². The molecule has 0 bridgehead atoms. The Hall–Kier alpha value is -0.840. The molecular weight excluding hydrogens is 159 g/mol. The number of hydrogen-bond donors (Lipinski definition) is 1. The van der Waals surface area contributed by atoms with Crippen LogP contribution in [-0.2, 0) is 4.79 Å². The molecule has 2 nitrogen and oxygen atoms in total. The van der Waals surface area contributed by atoms with Crippen LogP contribution in [0.25, 0.3) is 0 Å². The largest absolute Gasteiger partial charge is 0.450 e. The maximum atomic E-state index is 11.5. The monoisotopic (exact) mass is 168 g/mol. The molecule has 2 N–H and O–H groups in total. The Balaban J connectivity index is 3.99. The van der Waals surface area contributed by atoms with E-state index in [1.165, 1.54) is 12.4 Å². The minimum Gasteiger partial charge on any atom is -0.320 e. The summed E-state index contributed by atoms with van der Waals surface area (Å²) in [7, 11) is 1.53. The topological polar surface area (TPSA) is 33.7 Å². The molecule has 0 aliphatic carbocycles. The molecule has 0 aliphatic heterocycles. The van der Waals surface area contributed by atoms with E-state index in [1.807, 2.05) is 0 Å². The number of quaternary nitrogens is 1. The summed E-state index contributed by atoms with van der Waals surface area (Å²) in [5, 5.41) is 1.38. The van der Waals surface area contributed by atoms with Gasteiger partial charge in [0, 0.05) is 0 Å². The molecule has 0 fully saturated rings. The molecule has 11 heavy (non-hydrogen) atoms. The highest BCUT2D eigenvalue weighted by atomic mass is 19.4. The third-order valence-electron chi connectivity index (χ3n) is 1.11. The van der Waals surface area contributed by atoms with Crippen LogP contribution in [-0.4, -0.2) is 19.0 Å². The first kappa shape index (κ1) is 10.2. The third kappa shape index (κ3) is 3.77. The second kappa shape index (κ2) is 3.52. The summed E-state index contributed by atoms with van der Waals surface area (Å²) in [6.07, 6.45) is -5.37. The lowest BCUT2D eigenvalue weighted by atomic mass is 10.2. The number of allylic oxidation sites excluding steroid dienone is 1. The van der Waals surface area contributed by atoms with Crippen LogP contribution < -0.4 is 5.32 Å². The Morgan fingerprint density at radius 2 is 2.00 bits per heavy atom. The first-order chi connectivity index (χ1) is 4.88. The molecule has 0 saturated carbocycles. The molecule has 0 aromatic heterocycles. The van der Waals surface area contributed by atoms with Crippen molar-refractivity contribution < 1.29 is 23.3 Å². The maximum Gasteiger partial charge on any atom is 0.450 e. The summed E-state index contributed by atoms with van der Waals surface area (Å²) in [6.45, 7) is 3.25. The SMILES string of the molecule is C=C(CC(=O)C(F)(F)F)[NH2+]C. The van der Waals surface area contributed by atoms with Gasteiger partial charge < -0.3 is 5.32 Å². The molecule has 0 unspecified atom stereocenters. The number of carbonyl (C=O) groups is 1. The van der Waals surface area contributed by atoms with Gasteiger partial charge in [0.15, 0.2) is 0 Å². The first-order valence-corrected chi connectivity index (χ1v) is 2.95. The second-order valence-electron chi connectivity index (χ2n) is 2.04. The van der Waals surface area contributed by atoms with Crippen molar-refractivity contribution in [1.82, 2.24) is 0 Å². The zero-order valence-electron chi connectivity index (χ0n) is 6.03. The van der Waals surface area contributed by atoms with Crippen molar-refractivity contribution in [3.63, 3.8) is 0 Å². The van der Waals surface area contributed by atoms with Gasteiger partial charge in [-0.25, -0.2) is 0 Å². The standard InChI is InChI=1S/C6H8F3NO/c1-4(10-2)3-5(11)6(7,8)9/h10H,1,3H2,2H3/p+1. The number of rotatable bonds is 3. The fourth-order valence-electron chi connectivity index (χ4n) is 0.409. The van der Waals surface area contributed by atoms with Gasteiger partial charge in [0.2, 0.25) is 5.78 Å². The van der Waals surface area contributed by atoms with Crippen LogP contribution in [0.4, 0.5) is 13.2 Å². The molecule has 0 heterocycles. The zero-order valence-corrected chi connectivity index (χ0v) is 6.03. The Labute approximate surface area is 62.1 Å². The predicted octanol–water partition coefficient (Wildman–Crippen LogP) is 0.215. The van der Waals surface area contributed by atoms with E-state index in [9.17, 15) is 18.0 Å². The molecular formula is C6H9F3NO+. The number of nitrogens with two attached hydrogens (primary N) is 1. The van der Waals surface area contributed by atoms with Crippen LogP contribution in [0.5, 0.6) is 0 Å². The average Bonchev–Trinajstić information content (AvgIpc) is 1.85. The number of alkyl halides is 3. The number of halogens is 3. The van der Waals surface area contributed by atoms with Crippen molar-refractivity contribution in [3.05, 3.63) is 12.3 Å². The van der Waals surface area contributed by atoms with Gasteiger partial charge in [-0.2, -0.15) is 13.2 Å². The summed E-state index contributed by atoms with van der Waals surface area (Å²) >= 11 is 0. The fraction of sp³-hybridized carbons (Fsp3) is 0.500. The van der Waals surface area contributed by atoms with Crippen molar-refractivity contribution >= 4 is 5.78 Å². The summed E-state index contributed by atoms with van der Waals surface area (Å²) in [4.78, 5) is 10.2. The molecule has 0 radical (unpaired) electrons. The fourth-order valence-corrected chi connectivity index (χ4v) is 0.409. The minimum atomic E-state index is -4.73. The van der Waals surface area contributed by atoms with Crippen LogP contribution in [0.3, 0.4) is 0 Å². The van der Waals surface area contributed by atoms with Gasteiger partial charge in [-0.05, 0) is 6.58 Å². The van der Waals surface area contributed by atoms with E-state index in [1.54, 1.807) is 0 Å². The Bertz CT molecular complexity index is 173. The van der Waals surface area contributed by atoms with Crippen molar-refractivity contribution in [2.45, 2.75) is 12.6 Å². The molecule has 0 aromatic rings. The highest BCUT2D eigenvalue weighted by Crippen LogP contribution is 2.18. The lowest BCUT2D eigenvalue weighted by molar-refractivity contribution is -0.577. The highest BCUT2D eigenvalue weighted by molar-refractivity contribution is 5.85. The average molecular weight is 168 g/mol. The van der Waals surface area contributed by atoms with Crippen molar-refractivity contribution in [1.29, 1.82) is 0 Å². The van der Waals surface area contributed by atoms with Crippen LogP contribution in [0.15, 0.2) is 12.3 Å². The lowest BCUT2D eigenvalue weighted by Crippen LogP contribution is -2.77. The first-order valence-electron chi connectivity index (χ1n) is 2.95. The molecule has 0 aromatic carbocycles. The number of ketones is 1. The van der Waals surface area contributed by atoms with Gasteiger partial charge >= 0.3 is 6.18 Å². The normalized spacial score (nSPS) is 11.3. The van der Waals surface area contributed by atoms with E-state index in [2.05, 4.69) is 6.58 Å². The summed E-state index contributed by atoms with van der Waals surface area (Å²) in [6, 6.07) is 0. The highest BCUT2D eigenvalue weighted by Gasteiger charge is 2.38. The van der Waals surface area contributed by atoms with Crippen LogP contribution in [0, 0.1) is 0 Å². The third-order valence-corrected chi connectivity index (χ3v) is 1.11. The molecule has 5 heteroatoms. The lowest BCUT2D eigenvalue weighted by Gasteiger charge is -2.03. The number of hydrogen-bond acceptors (Lipinski definition) is 1. The van der Waals surface area contributed by atoms with Crippen molar-refractivity contribution in [3.8, 4) is 0 Å². The predicted molar refractivity (Wildman–Crippen MR) is 32.7 cm³/mol. The van der Waals surface area contributed by atoms with E-state index >= 15 is 0 Å². The second-order valence-corrected chi connectivity index (χ2v) is 2.04. The van der Waals surface area contributed by atoms with Crippen LogP contribution >= 0.6 is 0 Å². The smallest absolute Gasteiger partial charge is 0.320 e. The summed E-state index contributed by atoms with van der Waals surface area (Å²) in [5.74, 6) is -1.75. The zero-order chi connectivity index (χ0) is 9.07. The Morgan fingerprint density at radius 1 is 1.55 bits per heavy atom. The van der Waals surface area contributed by atoms with Gasteiger partial charge in [-0.1, -0.05) is 0 Å². The molecule has 0 amide bonds. The van der Waals surface area contributed by atoms with Crippen LogP contribution in [0.1, 0.15) is 6.42 Å². The van der Waals surface area contributed by atoms with Gasteiger partial charge in [-0.3, -0.25) is 4.79 Å². The number of carbonyl (C=O) groups excluding carboxylic acids is 1. The van der Waals surface area contributed by atoms with Crippen molar-refractivity contribution in [2.75, 3.05) is 7.05 Å². The molecule has 0 rings (SSSR count). The molecule has 0 atom stereocenters. The summed E-state index contributed by atoms with van der Waals surface area (Å²) < 4.78 is 34.6. The summed E-state index contributed by atoms with van der Waals surface area (Å²) in [5.41, 5.74) is 0.187. The van der Waals surface area contributed by atoms with E-state index in [0.29, 0.717) is 0 Å². The quantitative estimate of drug-likeness (QED) is 0.642. The molecule has 64 valence electrons. The van der Waals surface area contributed by atoms with Gasteiger partial charge in [-0.15, -0.1) is 0 Å².